The lowest BCUT2D eigenvalue weighted by molar-refractivity contribution is -0.954. The lowest BCUT2D eigenvalue weighted by Crippen LogP contribution is -2.65. The average molecular weight is 309 g/mol. The normalized spacial score (nSPS) is 34.7. The van der Waals surface area contributed by atoms with Gasteiger partial charge in [0.2, 0.25) is 0 Å². The van der Waals surface area contributed by atoms with Gasteiger partial charge in [0.15, 0.2) is 0 Å². The van der Waals surface area contributed by atoms with E-state index in [-0.39, 0.29) is 0 Å². The van der Waals surface area contributed by atoms with E-state index in [0.29, 0.717) is 5.92 Å². The Bertz CT molecular complexity index is 738. The van der Waals surface area contributed by atoms with E-state index < -0.39 is 0 Å². The van der Waals surface area contributed by atoms with Crippen molar-refractivity contribution < 1.29 is 4.48 Å². The summed E-state index contributed by atoms with van der Waals surface area (Å²) in [7, 11) is 2.50. The molecule has 1 aromatic carbocycles. The Morgan fingerprint density at radius 3 is 2.83 bits per heavy atom. The molecule has 0 spiro atoms. The van der Waals surface area contributed by atoms with Crippen LogP contribution in [0.25, 0.3) is 10.9 Å². The zero-order valence-corrected chi connectivity index (χ0v) is 14.9. The molecule has 3 aliphatic heterocycles. The molecule has 3 aliphatic rings. The number of hydrogen-bond donors (Lipinski definition) is 0. The molecule has 23 heavy (non-hydrogen) atoms. The monoisotopic (exact) mass is 309 g/mol. The third-order valence-corrected chi connectivity index (χ3v) is 6.86. The van der Waals surface area contributed by atoms with E-state index >= 15 is 0 Å². The topological polar surface area (TPSA) is 12.9 Å². The number of benzene rings is 1. The molecule has 5 rings (SSSR count). The Kier molecular flexibility index (Phi) is 3.49. The van der Waals surface area contributed by atoms with Crippen molar-refractivity contribution >= 4 is 10.9 Å². The maximum Gasteiger partial charge on any atom is 0.0958 e. The standard InChI is InChI=1S/C21H29N2/c1-14-5-6-20-19(11-14)18(7-9-22-20)16(3)21-12-17-8-10-23(21,4)13-15(17)2/h5-7,9,11,15-17,21H,8,10,12-13H2,1-4H3/q+1. The van der Waals surface area contributed by atoms with E-state index in [1.807, 2.05) is 6.20 Å². The molecule has 5 atom stereocenters. The van der Waals surface area contributed by atoms with Crippen molar-refractivity contribution in [1.29, 1.82) is 0 Å². The van der Waals surface area contributed by atoms with Gasteiger partial charge in [0.25, 0.3) is 0 Å². The highest BCUT2D eigenvalue weighted by atomic mass is 15.4. The second-order valence-corrected chi connectivity index (χ2v) is 8.42. The highest BCUT2D eigenvalue weighted by Crippen LogP contribution is 2.45. The molecule has 0 N–H and O–H groups in total. The third kappa shape index (κ3) is 2.39. The predicted molar refractivity (Wildman–Crippen MR) is 96.5 cm³/mol. The van der Waals surface area contributed by atoms with Crippen LogP contribution in [0.1, 0.15) is 43.7 Å². The molecule has 2 nitrogen and oxygen atoms in total. The number of aryl methyl sites for hydroxylation is 1. The molecule has 5 unspecified atom stereocenters. The maximum absolute atomic E-state index is 4.58. The van der Waals surface area contributed by atoms with Crippen LogP contribution in [0.2, 0.25) is 0 Å². The van der Waals surface area contributed by atoms with Gasteiger partial charge in [-0.05, 0) is 36.6 Å². The van der Waals surface area contributed by atoms with Crippen LogP contribution in [0.15, 0.2) is 30.5 Å². The Hall–Kier alpha value is -1.41. The lowest BCUT2D eigenvalue weighted by atomic mass is 9.70. The zero-order chi connectivity index (χ0) is 16.2. The first-order valence-electron chi connectivity index (χ1n) is 9.17. The number of pyridine rings is 1. The summed E-state index contributed by atoms with van der Waals surface area (Å²) < 4.78 is 1.27. The van der Waals surface area contributed by atoms with Gasteiger partial charge >= 0.3 is 0 Å². The third-order valence-electron chi connectivity index (χ3n) is 6.86. The fraction of sp³-hybridized carbons (Fsp3) is 0.571. The van der Waals surface area contributed by atoms with Gasteiger partial charge in [-0.1, -0.05) is 25.5 Å². The summed E-state index contributed by atoms with van der Waals surface area (Å²) in [5.41, 5.74) is 3.98. The SMILES string of the molecule is Cc1ccc2nccc(C(C)C3CC4CC[N+]3(C)CC4C)c2c1. The van der Waals surface area contributed by atoms with Gasteiger partial charge in [-0.2, -0.15) is 0 Å². The minimum absolute atomic E-state index is 0.600. The number of likely N-dealkylation sites (N-methyl/N-ethyl adjacent to an activating group) is 1. The minimum Gasteiger partial charge on any atom is -0.323 e. The Labute approximate surface area is 140 Å². The van der Waals surface area contributed by atoms with E-state index in [1.165, 1.54) is 46.9 Å². The van der Waals surface area contributed by atoms with Crippen molar-refractivity contribution in [3.05, 3.63) is 41.6 Å². The smallest absolute Gasteiger partial charge is 0.0958 e. The molecule has 0 saturated carbocycles. The van der Waals surface area contributed by atoms with Crippen LogP contribution >= 0.6 is 0 Å². The molecule has 4 heterocycles. The van der Waals surface area contributed by atoms with Gasteiger partial charge in [-0.15, -0.1) is 0 Å². The van der Waals surface area contributed by atoms with E-state index in [9.17, 15) is 0 Å². The highest BCUT2D eigenvalue weighted by Gasteiger charge is 2.50. The molecule has 2 bridgehead atoms. The van der Waals surface area contributed by atoms with E-state index in [4.69, 9.17) is 0 Å². The summed E-state index contributed by atoms with van der Waals surface area (Å²) in [5, 5.41) is 1.36. The van der Waals surface area contributed by atoms with Crippen LogP contribution in [0.3, 0.4) is 0 Å². The molecule has 0 aliphatic carbocycles. The van der Waals surface area contributed by atoms with Crippen LogP contribution in [-0.4, -0.2) is 35.6 Å². The van der Waals surface area contributed by atoms with Crippen molar-refractivity contribution in [2.75, 3.05) is 20.1 Å². The van der Waals surface area contributed by atoms with Gasteiger partial charge < -0.3 is 4.48 Å². The number of rotatable bonds is 2. The van der Waals surface area contributed by atoms with Crippen molar-refractivity contribution in [3.8, 4) is 0 Å². The van der Waals surface area contributed by atoms with Crippen LogP contribution in [-0.2, 0) is 0 Å². The summed E-state index contributed by atoms with van der Waals surface area (Å²) in [6.45, 7) is 9.83. The number of hydrogen-bond acceptors (Lipinski definition) is 1. The van der Waals surface area contributed by atoms with Gasteiger partial charge in [0, 0.05) is 36.3 Å². The number of piperidine rings is 3. The first-order chi connectivity index (χ1) is 11.0. The molecule has 0 radical (unpaired) electrons. The van der Waals surface area contributed by atoms with Crippen molar-refractivity contribution in [2.45, 2.75) is 45.6 Å². The Morgan fingerprint density at radius 1 is 1.26 bits per heavy atom. The minimum atomic E-state index is 0.600. The summed E-state index contributed by atoms with van der Waals surface area (Å²) in [6.07, 6.45) is 4.83. The predicted octanol–water partition coefficient (Wildman–Crippen LogP) is 4.52. The van der Waals surface area contributed by atoms with Crippen LogP contribution in [0.4, 0.5) is 0 Å². The van der Waals surface area contributed by atoms with Crippen molar-refractivity contribution in [1.82, 2.24) is 4.98 Å². The first kappa shape index (κ1) is 15.1. The molecular weight excluding hydrogens is 280 g/mol. The highest BCUT2D eigenvalue weighted by molar-refractivity contribution is 5.83. The summed E-state index contributed by atoms with van der Waals surface area (Å²) in [5.74, 6) is 2.44. The largest absolute Gasteiger partial charge is 0.323 e. The van der Waals surface area contributed by atoms with Crippen LogP contribution in [0.5, 0.6) is 0 Å². The molecule has 122 valence electrons. The summed E-state index contributed by atoms with van der Waals surface area (Å²) >= 11 is 0. The number of quaternary nitrogens is 1. The Balaban J connectivity index is 1.75. The van der Waals surface area contributed by atoms with Gasteiger partial charge in [-0.25, -0.2) is 0 Å². The molecular formula is C21H29N2+. The molecule has 3 fully saturated rings. The first-order valence-corrected chi connectivity index (χ1v) is 9.17. The molecule has 3 saturated heterocycles. The Morgan fingerprint density at radius 2 is 2.09 bits per heavy atom. The van der Waals surface area contributed by atoms with Crippen LogP contribution in [0, 0.1) is 18.8 Å². The second-order valence-electron chi connectivity index (χ2n) is 8.42. The fourth-order valence-electron chi connectivity index (χ4n) is 5.49. The quantitative estimate of drug-likeness (QED) is 0.743. The summed E-state index contributed by atoms with van der Waals surface area (Å²) in [6, 6.07) is 9.70. The van der Waals surface area contributed by atoms with E-state index in [2.05, 4.69) is 57.1 Å². The second kappa shape index (κ2) is 5.31. The number of aromatic nitrogens is 1. The van der Waals surface area contributed by atoms with Gasteiger partial charge in [0.1, 0.15) is 0 Å². The van der Waals surface area contributed by atoms with E-state index in [0.717, 1.165) is 23.4 Å². The lowest BCUT2D eigenvalue weighted by Gasteiger charge is -2.56. The summed E-state index contributed by atoms with van der Waals surface area (Å²) in [4.78, 5) is 4.58. The van der Waals surface area contributed by atoms with E-state index in [1.54, 1.807) is 0 Å². The van der Waals surface area contributed by atoms with Crippen molar-refractivity contribution in [2.24, 2.45) is 11.8 Å². The molecule has 0 amide bonds. The van der Waals surface area contributed by atoms with Gasteiger partial charge in [-0.3, -0.25) is 4.98 Å². The number of fused-ring (bicyclic) bond motifs is 4. The molecule has 2 aromatic rings. The average Bonchev–Trinajstić information content (AvgIpc) is 2.53. The molecule has 1 aromatic heterocycles. The van der Waals surface area contributed by atoms with Crippen LogP contribution < -0.4 is 0 Å². The zero-order valence-electron chi connectivity index (χ0n) is 14.9. The number of nitrogens with zero attached hydrogens (tertiary/aromatic N) is 2. The van der Waals surface area contributed by atoms with Gasteiger partial charge in [0.05, 0.1) is 31.7 Å². The molecule has 2 heteroatoms. The fourth-order valence-corrected chi connectivity index (χ4v) is 5.49. The van der Waals surface area contributed by atoms with Crippen molar-refractivity contribution in [3.63, 3.8) is 0 Å². The maximum atomic E-state index is 4.58.